The molecule has 1 aliphatic rings. The number of carboxylic acids is 1. The molecule has 20 heavy (non-hydrogen) atoms. The highest BCUT2D eigenvalue weighted by atomic mass is 32.1. The number of hydrogen-bond donors (Lipinski definition) is 2. The van der Waals surface area contributed by atoms with E-state index < -0.39 is 11.4 Å². The molecule has 1 aromatic heterocycles. The van der Waals surface area contributed by atoms with Crippen LogP contribution in [0.2, 0.25) is 0 Å². The molecule has 1 fully saturated rings. The first-order chi connectivity index (χ1) is 9.32. The van der Waals surface area contributed by atoms with Gasteiger partial charge in [-0.25, -0.2) is 9.78 Å². The first kappa shape index (κ1) is 14.8. The lowest BCUT2D eigenvalue weighted by molar-refractivity contribution is -0.146. The molecule has 0 saturated carbocycles. The lowest BCUT2D eigenvalue weighted by Gasteiger charge is -2.20. The minimum absolute atomic E-state index is 0.208. The van der Waals surface area contributed by atoms with Crippen molar-refractivity contribution in [3.05, 3.63) is 15.6 Å². The zero-order chi connectivity index (χ0) is 14.9. The van der Waals surface area contributed by atoms with Crippen LogP contribution in [-0.2, 0) is 11.3 Å². The number of aromatic nitrogens is 1. The molecular weight excluding hydrogens is 278 g/mol. The van der Waals surface area contributed by atoms with Crippen molar-refractivity contribution in [3.8, 4) is 0 Å². The van der Waals surface area contributed by atoms with E-state index in [4.69, 9.17) is 5.11 Å². The van der Waals surface area contributed by atoms with Gasteiger partial charge in [0.1, 0.15) is 0 Å². The van der Waals surface area contributed by atoms with Crippen LogP contribution in [0.4, 0.5) is 4.79 Å². The number of amides is 2. The summed E-state index contributed by atoms with van der Waals surface area (Å²) < 4.78 is 0. The van der Waals surface area contributed by atoms with Gasteiger partial charge in [0.05, 0.1) is 22.7 Å². The van der Waals surface area contributed by atoms with Crippen molar-refractivity contribution in [1.82, 2.24) is 15.2 Å². The van der Waals surface area contributed by atoms with Crippen LogP contribution in [0.15, 0.2) is 0 Å². The molecule has 1 unspecified atom stereocenters. The number of aliphatic carboxylic acids is 1. The van der Waals surface area contributed by atoms with Crippen LogP contribution >= 0.6 is 11.3 Å². The molecule has 0 aromatic carbocycles. The Morgan fingerprint density at radius 1 is 1.50 bits per heavy atom. The molecule has 2 amide bonds. The number of nitrogens with one attached hydrogen (secondary N) is 1. The number of urea groups is 1. The summed E-state index contributed by atoms with van der Waals surface area (Å²) in [5.74, 6) is -0.846. The van der Waals surface area contributed by atoms with Crippen LogP contribution in [0, 0.1) is 19.3 Å². The maximum absolute atomic E-state index is 12.1. The number of likely N-dealkylation sites (tertiary alicyclic amines) is 1. The molecule has 110 valence electrons. The third kappa shape index (κ3) is 2.92. The van der Waals surface area contributed by atoms with Crippen molar-refractivity contribution < 1.29 is 14.7 Å². The summed E-state index contributed by atoms with van der Waals surface area (Å²) in [6.07, 6.45) is 0.494. The average molecular weight is 297 g/mol. The van der Waals surface area contributed by atoms with Gasteiger partial charge in [0, 0.05) is 18.0 Å². The third-order valence-electron chi connectivity index (χ3n) is 3.68. The van der Waals surface area contributed by atoms with Gasteiger partial charge in [0.25, 0.3) is 0 Å². The van der Waals surface area contributed by atoms with Crippen molar-refractivity contribution in [2.75, 3.05) is 13.1 Å². The summed E-state index contributed by atoms with van der Waals surface area (Å²) in [6.45, 7) is 6.71. The Labute approximate surface area is 121 Å². The second kappa shape index (κ2) is 5.40. The van der Waals surface area contributed by atoms with Crippen molar-refractivity contribution in [2.45, 2.75) is 33.7 Å². The third-order valence-corrected chi connectivity index (χ3v) is 4.75. The van der Waals surface area contributed by atoms with E-state index >= 15 is 0 Å². The quantitative estimate of drug-likeness (QED) is 0.890. The number of carbonyl (C=O) groups is 2. The van der Waals surface area contributed by atoms with E-state index in [-0.39, 0.29) is 12.6 Å². The standard InChI is InChI=1S/C13H19N3O3S/c1-8-10(20-9(2)15-8)6-14-12(19)16-5-4-13(3,7-16)11(17)18/h4-7H2,1-3H3,(H,14,19)(H,17,18). The summed E-state index contributed by atoms with van der Waals surface area (Å²) in [5, 5.41) is 13.0. The van der Waals surface area contributed by atoms with E-state index in [0.29, 0.717) is 19.5 Å². The Kier molecular flexibility index (Phi) is 3.99. The Balaban J connectivity index is 1.91. The van der Waals surface area contributed by atoms with Gasteiger partial charge in [-0.3, -0.25) is 4.79 Å². The molecular formula is C13H19N3O3S. The van der Waals surface area contributed by atoms with Gasteiger partial charge in [0.15, 0.2) is 0 Å². The second-order valence-electron chi connectivity index (χ2n) is 5.44. The van der Waals surface area contributed by atoms with Crippen molar-refractivity contribution in [2.24, 2.45) is 5.41 Å². The van der Waals surface area contributed by atoms with Crippen LogP contribution in [0.1, 0.15) is 28.9 Å². The summed E-state index contributed by atoms with van der Waals surface area (Å²) in [5.41, 5.74) is 0.110. The second-order valence-corrected chi connectivity index (χ2v) is 6.73. The Morgan fingerprint density at radius 2 is 2.20 bits per heavy atom. The molecule has 6 nitrogen and oxygen atoms in total. The Hall–Kier alpha value is -1.63. The van der Waals surface area contributed by atoms with Gasteiger partial charge in [-0.1, -0.05) is 0 Å². The van der Waals surface area contributed by atoms with Gasteiger partial charge < -0.3 is 15.3 Å². The number of thiazole rings is 1. The number of carboxylic acid groups (broad SMARTS) is 1. The first-order valence-corrected chi connectivity index (χ1v) is 7.32. The van der Waals surface area contributed by atoms with Gasteiger partial charge in [-0.05, 0) is 27.2 Å². The smallest absolute Gasteiger partial charge is 0.317 e. The fourth-order valence-electron chi connectivity index (χ4n) is 2.31. The molecule has 1 aliphatic heterocycles. The molecule has 0 aliphatic carbocycles. The van der Waals surface area contributed by atoms with Crippen molar-refractivity contribution in [1.29, 1.82) is 0 Å². The number of hydrogen-bond acceptors (Lipinski definition) is 4. The first-order valence-electron chi connectivity index (χ1n) is 6.51. The molecule has 0 bridgehead atoms. The minimum Gasteiger partial charge on any atom is -0.481 e. The number of nitrogens with zero attached hydrogens (tertiary/aromatic N) is 2. The molecule has 7 heteroatoms. The summed E-state index contributed by atoms with van der Waals surface area (Å²) in [4.78, 5) is 30.1. The molecule has 1 saturated heterocycles. The van der Waals surface area contributed by atoms with E-state index in [1.165, 1.54) is 0 Å². The number of rotatable bonds is 3. The van der Waals surface area contributed by atoms with Crippen LogP contribution in [0.5, 0.6) is 0 Å². The molecule has 1 atom stereocenters. The Bertz CT molecular complexity index is 543. The highest BCUT2D eigenvalue weighted by molar-refractivity contribution is 7.11. The van der Waals surface area contributed by atoms with Gasteiger partial charge in [0.2, 0.25) is 0 Å². The van der Waals surface area contributed by atoms with Gasteiger partial charge in [-0.2, -0.15) is 0 Å². The fourth-order valence-corrected chi connectivity index (χ4v) is 3.19. The maximum Gasteiger partial charge on any atom is 0.317 e. The van der Waals surface area contributed by atoms with E-state index in [0.717, 1.165) is 15.6 Å². The maximum atomic E-state index is 12.1. The largest absolute Gasteiger partial charge is 0.481 e. The van der Waals surface area contributed by atoms with Crippen LogP contribution in [0.25, 0.3) is 0 Å². The lowest BCUT2D eigenvalue weighted by atomic mass is 9.90. The van der Waals surface area contributed by atoms with Crippen LogP contribution < -0.4 is 5.32 Å². The monoisotopic (exact) mass is 297 g/mol. The van der Waals surface area contributed by atoms with Crippen LogP contribution in [0.3, 0.4) is 0 Å². The zero-order valence-corrected chi connectivity index (χ0v) is 12.7. The summed E-state index contributed by atoms with van der Waals surface area (Å²) >= 11 is 1.57. The highest BCUT2D eigenvalue weighted by Crippen LogP contribution is 2.30. The molecule has 0 radical (unpaired) electrons. The van der Waals surface area contributed by atoms with Crippen LogP contribution in [-0.4, -0.2) is 40.1 Å². The summed E-state index contributed by atoms with van der Waals surface area (Å²) in [6, 6.07) is -0.208. The minimum atomic E-state index is -0.846. The van der Waals surface area contributed by atoms with E-state index in [2.05, 4.69) is 10.3 Å². The molecule has 2 rings (SSSR count). The molecule has 1 aromatic rings. The predicted molar refractivity (Wildman–Crippen MR) is 75.8 cm³/mol. The van der Waals surface area contributed by atoms with Crippen molar-refractivity contribution in [3.63, 3.8) is 0 Å². The van der Waals surface area contributed by atoms with Crippen molar-refractivity contribution >= 4 is 23.3 Å². The van der Waals surface area contributed by atoms with Gasteiger partial charge >= 0.3 is 12.0 Å². The fraction of sp³-hybridized carbons (Fsp3) is 0.615. The zero-order valence-electron chi connectivity index (χ0n) is 11.9. The number of aryl methyl sites for hydroxylation is 2. The lowest BCUT2D eigenvalue weighted by Crippen LogP contribution is -2.40. The normalized spacial score (nSPS) is 22.1. The average Bonchev–Trinajstić information content (AvgIpc) is 2.91. The van der Waals surface area contributed by atoms with Gasteiger partial charge in [-0.15, -0.1) is 11.3 Å². The van der Waals surface area contributed by atoms with E-state index in [1.54, 1.807) is 23.2 Å². The summed E-state index contributed by atoms with van der Waals surface area (Å²) in [7, 11) is 0. The molecule has 2 heterocycles. The number of carbonyl (C=O) groups excluding carboxylic acids is 1. The SMILES string of the molecule is Cc1nc(C)c(CNC(=O)N2CCC(C)(C(=O)O)C2)s1. The molecule has 0 spiro atoms. The predicted octanol–water partition coefficient (Wildman–Crippen LogP) is 1.77. The Morgan fingerprint density at radius 3 is 2.70 bits per heavy atom. The highest BCUT2D eigenvalue weighted by Gasteiger charge is 2.42. The molecule has 2 N–H and O–H groups in total. The topological polar surface area (TPSA) is 82.5 Å². The van der Waals surface area contributed by atoms with E-state index in [9.17, 15) is 9.59 Å². The van der Waals surface area contributed by atoms with E-state index in [1.807, 2.05) is 13.8 Å².